The first-order chi connectivity index (χ1) is 6.69. The summed E-state index contributed by atoms with van der Waals surface area (Å²) in [6, 6.07) is 3.76. The zero-order chi connectivity index (χ0) is 10.6. The van der Waals surface area contributed by atoms with E-state index >= 15 is 0 Å². The highest BCUT2D eigenvalue weighted by Gasteiger charge is 2.07. The van der Waals surface area contributed by atoms with Gasteiger partial charge in [0.15, 0.2) is 0 Å². The second-order valence-electron chi connectivity index (χ2n) is 3.00. The van der Waals surface area contributed by atoms with Crippen molar-refractivity contribution in [3.8, 4) is 5.75 Å². The zero-order valence-corrected chi connectivity index (χ0v) is 10.0. The summed E-state index contributed by atoms with van der Waals surface area (Å²) in [5, 5.41) is 3.24. The Morgan fingerprint density at radius 2 is 2.21 bits per heavy atom. The van der Waals surface area contributed by atoms with E-state index in [1.54, 1.807) is 7.11 Å². The van der Waals surface area contributed by atoms with Crippen LogP contribution in [0.25, 0.3) is 0 Å². The van der Waals surface area contributed by atoms with E-state index in [4.69, 9.17) is 10.5 Å². The molecule has 0 aliphatic rings. The maximum atomic E-state index is 5.87. The van der Waals surface area contributed by atoms with Gasteiger partial charge in [0.05, 0.1) is 12.8 Å². The van der Waals surface area contributed by atoms with Crippen molar-refractivity contribution in [2.24, 2.45) is 0 Å². The third-order valence-corrected chi connectivity index (χ3v) is 2.33. The second-order valence-corrected chi connectivity index (χ2v) is 3.91. The van der Waals surface area contributed by atoms with Crippen LogP contribution in [0.5, 0.6) is 5.75 Å². The Hall–Kier alpha value is -0.900. The van der Waals surface area contributed by atoms with Crippen LogP contribution < -0.4 is 15.8 Å². The molecule has 14 heavy (non-hydrogen) atoms. The summed E-state index contributed by atoms with van der Waals surface area (Å²) < 4.78 is 6.16. The van der Waals surface area contributed by atoms with Gasteiger partial charge in [-0.15, -0.1) is 0 Å². The van der Waals surface area contributed by atoms with Crippen LogP contribution in [0.2, 0.25) is 0 Å². The van der Waals surface area contributed by atoms with Crippen molar-refractivity contribution in [1.29, 1.82) is 0 Å². The van der Waals surface area contributed by atoms with Crippen molar-refractivity contribution in [2.75, 3.05) is 24.7 Å². The summed E-state index contributed by atoms with van der Waals surface area (Å²) in [7, 11) is 1.64. The molecule has 0 radical (unpaired) electrons. The molecule has 0 saturated carbocycles. The van der Waals surface area contributed by atoms with E-state index in [9.17, 15) is 0 Å². The number of nitrogens with one attached hydrogen (secondary N) is 1. The van der Waals surface area contributed by atoms with Gasteiger partial charge >= 0.3 is 0 Å². The van der Waals surface area contributed by atoms with Gasteiger partial charge in [0.2, 0.25) is 0 Å². The van der Waals surface area contributed by atoms with Gasteiger partial charge in [-0.3, -0.25) is 0 Å². The SMILES string of the molecule is CCCNc1c(N)cc(Br)cc1OC. The molecule has 0 spiro atoms. The fraction of sp³-hybridized carbons (Fsp3) is 0.400. The van der Waals surface area contributed by atoms with E-state index in [-0.39, 0.29) is 0 Å². The molecule has 1 aromatic rings. The Balaban J connectivity index is 2.99. The van der Waals surface area contributed by atoms with Crippen LogP contribution in [0.3, 0.4) is 0 Å². The molecule has 0 aliphatic heterocycles. The molecule has 0 amide bonds. The van der Waals surface area contributed by atoms with Gasteiger partial charge in [0.1, 0.15) is 11.4 Å². The quantitative estimate of drug-likeness (QED) is 0.817. The number of hydrogen-bond donors (Lipinski definition) is 2. The van der Waals surface area contributed by atoms with Gasteiger partial charge in [-0.05, 0) is 18.6 Å². The molecule has 3 N–H and O–H groups in total. The van der Waals surface area contributed by atoms with Crippen molar-refractivity contribution >= 4 is 27.3 Å². The summed E-state index contributed by atoms with van der Waals surface area (Å²) >= 11 is 3.37. The van der Waals surface area contributed by atoms with Gasteiger partial charge in [-0.2, -0.15) is 0 Å². The number of nitrogen functional groups attached to an aromatic ring is 1. The number of ether oxygens (including phenoxy) is 1. The number of methoxy groups -OCH3 is 1. The number of nitrogens with two attached hydrogens (primary N) is 1. The van der Waals surface area contributed by atoms with E-state index in [2.05, 4.69) is 28.2 Å². The average molecular weight is 259 g/mol. The summed E-state index contributed by atoms with van der Waals surface area (Å²) in [5.74, 6) is 0.769. The summed E-state index contributed by atoms with van der Waals surface area (Å²) in [4.78, 5) is 0. The standard InChI is InChI=1S/C10H15BrN2O/c1-3-4-13-10-8(12)5-7(11)6-9(10)14-2/h5-6,13H,3-4,12H2,1-2H3. The minimum absolute atomic E-state index is 0.699. The first kappa shape index (κ1) is 11.2. The molecule has 0 fully saturated rings. The number of benzene rings is 1. The molecule has 0 aromatic heterocycles. The van der Waals surface area contributed by atoms with Gasteiger partial charge in [0.25, 0.3) is 0 Å². The first-order valence-electron chi connectivity index (χ1n) is 4.56. The molecule has 0 bridgehead atoms. The van der Waals surface area contributed by atoms with Crippen molar-refractivity contribution in [3.05, 3.63) is 16.6 Å². The second kappa shape index (κ2) is 5.10. The highest BCUT2D eigenvalue weighted by Crippen LogP contribution is 2.34. The number of rotatable bonds is 4. The van der Waals surface area contributed by atoms with Crippen LogP contribution in [0.1, 0.15) is 13.3 Å². The van der Waals surface area contributed by atoms with Crippen molar-refractivity contribution in [2.45, 2.75) is 13.3 Å². The predicted octanol–water partition coefficient (Wildman–Crippen LogP) is 2.86. The third kappa shape index (κ3) is 2.54. The highest BCUT2D eigenvalue weighted by molar-refractivity contribution is 9.10. The Labute approximate surface area is 92.8 Å². The fourth-order valence-electron chi connectivity index (χ4n) is 1.20. The average Bonchev–Trinajstić information content (AvgIpc) is 2.15. The maximum absolute atomic E-state index is 5.87. The minimum atomic E-state index is 0.699. The molecule has 3 nitrogen and oxygen atoms in total. The Morgan fingerprint density at radius 1 is 1.50 bits per heavy atom. The van der Waals surface area contributed by atoms with Gasteiger partial charge < -0.3 is 15.8 Å². The van der Waals surface area contributed by atoms with Gasteiger partial charge in [0, 0.05) is 11.0 Å². The number of anilines is 2. The number of halogens is 1. The highest BCUT2D eigenvalue weighted by atomic mass is 79.9. The van der Waals surface area contributed by atoms with E-state index in [1.165, 1.54) is 0 Å². The van der Waals surface area contributed by atoms with Crippen molar-refractivity contribution < 1.29 is 4.74 Å². The smallest absolute Gasteiger partial charge is 0.145 e. The number of hydrogen-bond acceptors (Lipinski definition) is 3. The maximum Gasteiger partial charge on any atom is 0.145 e. The van der Waals surface area contributed by atoms with Crippen LogP contribution >= 0.6 is 15.9 Å². The third-order valence-electron chi connectivity index (χ3n) is 1.87. The van der Waals surface area contributed by atoms with Crippen molar-refractivity contribution in [3.63, 3.8) is 0 Å². The molecule has 4 heteroatoms. The normalized spacial score (nSPS) is 9.93. The van der Waals surface area contributed by atoms with Crippen LogP contribution in [0.4, 0.5) is 11.4 Å². The topological polar surface area (TPSA) is 47.3 Å². The lowest BCUT2D eigenvalue weighted by Crippen LogP contribution is -2.05. The molecular formula is C10H15BrN2O. The Morgan fingerprint density at radius 3 is 2.79 bits per heavy atom. The molecule has 0 aliphatic carbocycles. The Kier molecular flexibility index (Phi) is 4.07. The molecule has 0 unspecified atom stereocenters. The zero-order valence-electron chi connectivity index (χ0n) is 8.43. The molecule has 0 atom stereocenters. The van der Waals surface area contributed by atoms with Gasteiger partial charge in [-0.1, -0.05) is 22.9 Å². The lowest BCUT2D eigenvalue weighted by molar-refractivity contribution is 0.416. The molecule has 1 aromatic carbocycles. The molecule has 0 saturated heterocycles. The van der Waals surface area contributed by atoms with Crippen LogP contribution in [-0.4, -0.2) is 13.7 Å². The first-order valence-corrected chi connectivity index (χ1v) is 5.35. The lowest BCUT2D eigenvalue weighted by atomic mass is 10.2. The fourth-order valence-corrected chi connectivity index (χ4v) is 1.66. The van der Waals surface area contributed by atoms with E-state index in [1.807, 2.05) is 12.1 Å². The van der Waals surface area contributed by atoms with E-state index in [0.717, 1.165) is 28.9 Å². The van der Waals surface area contributed by atoms with Crippen molar-refractivity contribution in [1.82, 2.24) is 0 Å². The van der Waals surface area contributed by atoms with Crippen LogP contribution in [0, 0.1) is 0 Å². The largest absolute Gasteiger partial charge is 0.494 e. The molecule has 0 heterocycles. The Bertz CT molecular complexity index is 315. The predicted molar refractivity (Wildman–Crippen MR) is 63.9 cm³/mol. The molecular weight excluding hydrogens is 244 g/mol. The summed E-state index contributed by atoms with van der Waals surface area (Å²) in [6.07, 6.45) is 1.05. The monoisotopic (exact) mass is 258 g/mol. The van der Waals surface area contributed by atoms with E-state index < -0.39 is 0 Å². The minimum Gasteiger partial charge on any atom is -0.494 e. The lowest BCUT2D eigenvalue weighted by Gasteiger charge is -2.13. The molecule has 78 valence electrons. The summed E-state index contributed by atoms with van der Waals surface area (Å²) in [6.45, 7) is 3.00. The summed E-state index contributed by atoms with van der Waals surface area (Å²) in [5.41, 5.74) is 7.44. The van der Waals surface area contributed by atoms with E-state index in [0.29, 0.717) is 5.69 Å². The van der Waals surface area contributed by atoms with Crippen LogP contribution in [-0.2, 0) is 0 Å². The van der Waals surface area contributed by atoms with Crippen LogP contribution in [0.15, 0.2) is 16.6 Å². The van der Waals surface area contributed by atoms with Gasteiger partial charge in [-0.25, -0.2) is 0 Å². The molecule has 1 rings (SSSR count).